The van der Waals surface area contributed by atoms with E-state index in [2.05, 4.69) is 30.6 Å². The summed E-state index contributed by atoms with van der Waals surface area (Å²) in [5.74, 6) is 1.84. The van der Waals surface area contributed by atoms with Gasteiger partial charge in [0.25, 0.3) is 0 Å². The van der Waals surface area contributed by atoms with Crippen molar-refractivity contribution in [3.63, 3.8) is 0 Å². The Labute approximate surface area is 150 Å². The van der Waals surface area contributed by atoms with Crippen LogP contribution >= 0.6 is 0 Å². The van der Waals surface area contributed by atoms with Gasteiger partial charge in [-0.15, -0.1) is 0 Å². The molecule has 3 rings (SSSR count). The third-order valence-corrected chi connectivity index (χ3v) is 7.47. The number of rotatable bonds is 5. The van der Waals surface area contributed by atoms with E-state index in [-0.39, 0.29) is 0 Å². The Hall–Kier alpha value is -0.120. The molecular formula is C21H40N2O. The van der Waals surface area contributed by atoms with Gasteiger partial charge in [-0.3, -0.25) is 0 Å². The Morgan fingerprint density at radius 2 is 1.54 bits per heavy atom. The van der Waals surface area contributed by atoms with Crippen molar-refractivity contribution in [3.8, 4) is 0 Å². The van der Waals surface area contributed by atoms with Crippen LogP contribution in [0, 0.1) is 17.3 Å². The van der Waals surface area contributed by atoms with Gasteiger partial charge in [0.1, 0.15) is 0 Å². The lowest BCUT2D eigenvalue weighted by molar-refractivity contribution is -0.0275. The van der Waals surface area contributed by atoms with Crippen LogP contribution in [0.3, 0.4) is 0 Å². The summed E-state index contributed by atoms with van der Waals surface area (Å²) in [4.78, 5) is 5.49. The molecule has 0 aromatic heterocycles. The summed E-state index contributed by atoms with van der Waals surface area (Å²) in [5, 5.41) is 0. The van der Waals surface area contributed by atoms with Crippen molar-refractivity contribution in [2.75, 3.05) is 45.9 Å². The van der Waals surface area contributed by atoms with Gasteiger partial charge in [0.05, 0.1) is 0 Å². The summed E-state index contributed by atoms with van der Waals surface area (Å²) in [6.07, 6.45) is 9.60. The van der Waals surface area contributed by atoms with Crippen molar-refractivity contribution in [1.29, 1.82) is 0 Å². The quantitative estimate of drug-likeness (QED) is 0.754. The standard InChI is InChI=1S/C21H40N2O/c1-18(2)20-5-12-22(13-6-20)11-4-19(3)23-14-7-21(8-15-23)9-16-24-17-10-21/h18-20H,4-17H2,1-3H3. The maximum Gasteiger partial charge on any atom is 0.0471 e. The third-order valence-electron chi connectivity index (χ3n) is 7.47. The molecule has 3 fully saturated rings. The molecule has 0 saturated carbocycles. The molecule has 1 spiro atoms. The second kappa shape index (κ2) is 8.51. The Morgan fingerprint density at radius 3 is 2.12 bits per heavy atom. The molecule has 0 bridgehead atoms. The highest BCUT2D eigenvalue weighted by Gasteiger charge is 2.36. The third kappa shape index (κ3) is 4.74. The fourth-order valence-corrected chi connectivity index (χ4v) is 5.14. The Morgan fingerprint density at radius 1 is 0.917 bits per heavy atom. The van der Waals surface area contributed by atoms with Crippen LogP contribution in [0.2, 0.25) is 0 Å². The predicted octanol–water partition coefficient (Wildman–Crippen LogP) is 4.03. The summed E-state index contributed by atoms with van der Waals surface area (Å²) < 4.78 is 5.58. The van der Waals surface area contributed by atoms with E-state index >= 15 is 0 Å². The second-order valence-corrected chi connectivity index (χ2v) is 9.21. The van der Waals surface area contributed by atoms with Crippen molar-refractivity contribution in [3.05, 3.63) is 0 Å². The lowest BCUT2D eigenvalue weighted by Gasteiger charge is -2.46. The van der Waals surface area contributed by atoms with Gasteiger partial charge in [-0.2, -0.15) is 0 Å². The second-order valence-electron chi connectivity index (χ2n) is 9.21. The minimum absolute atomic E-state index is 0.632. The first-order valence-corrected chi connectivity index (χ1v) is 10.6. The van der Waals surface area contributed by atoms with E-state index in [1.165, 1.54) is 77.7 Å². The molecule has 0 radical (unpaired) electrons. The molecule has 3 aliphatic rings. The molecule has 140 valence electrons. The lowest BCUT2D eigenvalue weighted by atomic mass is 9.72. The molecule has 0 aromatic rings. The zero-order valence-corrected chi connectivity index (χ0v) is 16.4. The Balaban J connectivity index is 1.35. The van der Waals surface area contributed by atoms with Crippen LogP contribution in [0.5, 0.6) is 0 Å². The summed E-state index contributed by atoms with van der Waals surface area (Å²) in [6.45, 7) is 15.9. The first-order chi connectivity index (χ1) is 11.6. The Kier molecular flexibility index (Phi) is 6.62. The molecular weight excluding hydrogens is 296 g/mol. The normalized spacial score (nSPS) is 28.5. The minimum Gasteiger partial charge on any atom is -0.381 e. The first kappa shape index (κ1) is 18.7. The molecule has 1 atom stereocenters. The zero-order valence-electron chi connectivity index (χ0n) is 16.4. The number of hydrogen-bond acceptors (Lipinski definition) is 3. The van der Waals surface area contributed by atoms with E-state index in [9.17, 15) is 0 Å². The molecule has 0 N–H and O–H groups in total. The average molecular weight is 337 g/mol. The summed E-state index contributed by atoms with van der Waals surface area (Å²) in [6, 6.07) is 0.755. The van der Waals surface area contributed by atoms with E-state index in [1.54, 1.807) is 0 Å². The fraction of sp³-hybridized carbons (Fsp3) is 1.00. The smallest absolute Gasteiger partial charge is 0.0471 e. The molecule has 24 heavy (non-hydrogen) atoms. The van der Waals surface area contributed by atoms with Gasteiger partial charge in [-0.25, -0.2) is 0 Å². The zero-order chi connectivity index (χ0) is 17.0. The van der Waals surface area contributed by atoms with Gasteiger partial charge in [0, 0.05) is 19.3 Å². The fourth-order valence-electron chi connectivity index (χ4n) is 5.14. The van der Waals surface area contributed by atoms with Gasteiger partial charge >= 0.3 is 0 Å². The topological polar surface area (TPSA) is 15.7 Å². The average Bonchev–Trinajstić information content (AvgIpc) is 2.61. The van der Waals surface area contributed by atoms with E-state index in [0.29, 0.717) is 5.41 Å². The monoisotopic (exact) mass is 336 g/mol. The van der Waals surface area contributed by atoms with Crippen LogP contribution in [0.4, 0.5) is 0 Å². The van der Waals surface area contributed by atoms with Crippen molar-refractivity contribution in [1.82, 2.24) is 9.80 Å². The minimum atomic E-state index is 0.632. The summed E-state index contributed by atoms with van der Waals surface area (Å²) >= 11 is 0. The molecule has 3 nitrogen and oxygen atoms in total. The molecule has 0 aromatic carbocycles. The van der Waals surface area contributed by atoms with Gasteiger partial charge in [-0.05, 0) is 102 Å². The van der Waals surface area contributed by atoms with Crippen molar-refractivity contribution in [2.24, 2.45) is 17.3 Å². The van der Waals surface area contributed by atoms with Gasteiger partial charge in [0.15, 0.2) is 0 Å². The van der Waals surface area contributed by atoms with E-state index in [0.717, 1.165) is 31.1 Å². The van der Waals surface area contributed by atoms with Crippen molar-refractivity contribution >= 4 is 0 Å². The van der Waals surface area contributed by atoms with Crippen LogP contribution in [0.25, 0.3) is 0 Å². The van der Waals surface area contributed by atoms with Crippen LogP contribution in [0.1, 0.15) is 65.7 Å². The lowest BCUT2D eigenvalue weighted by Crippen LogP contribution is -2.47. The van der Waals surface area contributed by atoms with Crippen LogP contribution in [0.15, 0.2) is 0 Å². The maximum atomic E-state index is 5.58. The van der Waals surface area contributed by atoms with E-state index in [4.69, 9.17) is 4.74 Å². The molecule has 0 amide bonds. The highest BCUT2D eigenvalue weighted by molar-refractivity contribution is 4.89. The number of hydrogen-bond donors (Lipinski definition) is 0. The molecule has 3 saturated heterocycles. The molecule has 3 heteroatoms. The predicted molar refractivity (Wildman–Crippen MR) is 101 cm³/mol. The number of piperidine rings is 2. The maximum absolute atomic E-state index is 5.58. The molecule has 1 unspecified atom stereocenters. The van der Waals surface area contributed by atoms with E-state index in [1.807, 2.05) is 0 Å². The summed E-state index contributed by atoms with van der Waals surface area (Å²) in [7, 11) is 0. The van der Waals surface area contributed by atoms with Crippen LogP contribution in [-0.4, -0.2) is 61.8 Å². The Bertz CT molecular complexity index is 360. The van der Waals surface area contributed by atoms with Gasteiger partial charge < -0.3 is 14.5 Å². The van der Waals surface area contributed by atoms with Crippen molar-refractivity contribution < 1.29 is 4.74 Å². The molecule has 0 aliphatic carbocycles. The highest BCUT2D eigenvalue weighted by Crippen LogP contribution is 2.41. The largest absolute Gasteiger partial charge is 0.381 e. The van der Waals surface area contributed by atoms with E-state index < -0.39 is 0 Å². The van der Waals surface area contributed by atoms with Crippen LogP contribution in [-0.2, 0) is 4.74 Å². The van der Waals surface area contributed by atoms with Crippen LogP contribution < -0.4 is 0 Å². The van der Waals surface area contributed by atoms with Gasteiger partial charge in [-0.1, -0.05) is 13.8 Å². The summed E-state index contributed by atoms with van der Waals surface area (Å²) in [5.41, 5.74) is 0.632. The highest BCUT2D eigenvalue weighted by atomic mass is 16.5. The number of ether oxygens (including phenoxy) is 1. The number of likely N-dealkylation sites (tertiary alicyclic amines) is 2. The first-order valence-electron chi connectivity index (χ1n) is 10.6. The SMILES string of the molecule is CC(C)C1CCN(CCC(C)N2CCC3(CCOCC3)CC2)CC1. The number of nitrogens with zero attached hydrogens (tertiary/aromatic N) is 2. The van der Waals surface area contributed by atoms with Crippen molar-refractivity contribution in [2.45, 2.75) is 71.8 Å². The molecule has 3 aliphatic heterocycles. The van der Waals surface area contributed by atoms with Gasteiger partial charge in [0.2, 0.25) is 0 Å². The molecule has 3 heterocycles.